The second-order valence-electron chi connectivity index (χ2n) is 8.71. The first-order valence-electron chi connectivity index (χ1n) is 10.7. The largest absolute Gasteiger partial charge is 0.494 e. The number of nitrogens with zero attached hydrogens (tertiary/aromatic N) is 1. The van der Waals surface area contributed by atoms with Crippen molar-refractivity contribution < 1.29 is 31.9 Å². The molecule has 0 aromatic heterocycles. The summed E-state index contributed by atoms with van der Waals surface area (Å²) in [5, 5.41) is 2.41. The number of ether oxygens (including phenoxy) is 1. The molecule has 1 heterocycles. The fourth-order valence-electron chi connectivity index (χ4n) is 4.16. The molecule has 1 aliphatic heterocycles. The Morgan fingerprint density at radius 3 is 2.37 bits per heavy atom. The molecule has 0 saturated heterocycles. The zero-order valence-electron chi connectivity index (χ0n) is 19.2. The van der Waals surface area contributed by atoms with Gasteiger partial charge < -0.3 is 15.0 Å². The number of carbonyl (C=O) groups is 2. The van der Waals surface area contributed by atoms with Crippen LogP contribution in [0.2, 0.25) is 0 Å². The molecule has 2 amide bonds. The summed E-state index contributed by atoms with van der Waals surface area (Å²) in [6.45, 7) is 2.87. The number of methoxy groups -OCH3 is 1. The fourth-order valence-corrected chi connectivity index (χ4v) is 4.16. The van der Waals surface area contributed by atoms with Gasteiger partial charge in [0.2, 0.25) is 5.91 Å². The predicted molar refractivity (Wildman–Crippen MR) is 121 cm³/mol. The normalized spacial score (nSPS) is 14.1. The molecule has 5 nitrogen and oxygen atoms in total. The summed E-state index contributed by atoms with van der Waals surface area (Å²) >= 11 is 0. The lowest BCUT2D eigenvalue weighted by molar-refractivity contribution is -0.122. The van der Waals surface area contributed by atoms with Crippen molar-refractivity contribution in [2.45, 2.75) is 32.4 Å². The molecule has 3 aromatic carbocycles. The molecule has 0 saturated carbocycles. The molecule has 0 unspecified atom stereocenters. The van der Waals surface area contributed by atoms with Gasteiger partial charge in [-0.05, 0) is 37.6 Å². The van der Waals surface area contributed by atoms with Gasteiger partial charge in [-0.2, -0.15) is 0 Å². The van der Waals surface area contributed by atoms with Gasteiger partial charge in [0.05, 0.1) is 19.1 Å². The van der Waals surface area contributed by atoms with Gasteiger partial charge in [-0.15, -0.1) is 0 Å². The molecule has 0 radical (unpaired) electrons. The average Bonchev–Trinajstić information content (AvgIpc) is 2.99. The van der Waals surface area contributed by atoms with E-state index in [2.05, 4.69) is 5.32 Å². The molecule has 1 aliphatic rings. The Morgan fingerprint density at radius 2 is 1.71 bits per heavy atom. The first-order valence-corrected chi connectivity index (χ1v) is 10.7. The third kappa shape index (κ3) is 4.34. The highest BCUT2D eigenvalue weighted by Gasteiger charge is 2.44. The zero-order chi connectivity index (χ0) is 25.5. The van der Waals surface area contributed by atoms with E-state index in [1.54, 1.807) is 32.0 Å². The summed E-state index contributed by atoms with van der Waals surface area (Å²) < 4.78 is 60.7. The molecule has 3 aromatic rings. The molecular weight excluding hydrogens is 464 g/mol. The Hall–Kier alpha value is -3.88. The summed E-state index contributed by atoms with van der Waals surface area (Å²) in [6.07, 6.45) is 0. The molecule has 0 spiro atoms. The third-order valence-electron chi connectivity index (χ3n) is 6.13. The molecule has 9 heteroatoms. The van der Waals surface area contributed by atoms with E-state index in [1.165, 1.54) is 30.2 Å². The number of nitrogens with one attached hydrogen (secondary N) is 1. The molecule has 4 rings (SSSR count). The van der Waals surface area contributed by atoms with Crippen LogP contribution in [0.4, 0.5) is 23.2 Å². The fraction of sp³-hybridized carbons (Fsp3) is 0.231. The van der Waals surface area contributed by atoms with Crippen LogP contribution >= 0.6 is 0 Å². The van der Waals surface area contributed by atoms with Crippen LogP contribution in [0.25, 0.3) is 0 Å². The van der Waals surface area contributed by atoms with Gasteiger partial charge in [0.1, 0.15) is 17.5 Å². The van der Waals surface area contributed by atoms with E-state index >= 15 is 0 Å². The SMILES string of the molecule is COc1cccc(CN2C(=O)C(C)(C)c3ccc(C(=O)NCc4c(F)cc(F)cc4F)cc32)c1F. The molecule has 35 heavy (non-hydrogen) atoms. The minimum atomic E-state index is -1.12. The average molecular weight is 486 g/mol. The predicted octanol–water partition coefficient (Wildman–Crippen LogP) is 5.01. The third-order valence-corrected chi connectivity index (χ3v) is 6.13. The quantitative estimate of drug-likeness (QED) is 0.499. The molecule has 0 bridgehead atoms. The van der Waals surface area contributed by atoms with E-state index in [0.29, 0.717) is 23.4 Å². The minimum Gasteiger partial charge on any atom is -0.494 e. The monoisotopic (exact) mass is 486 g/mol. The lowest BCUT2D eigenvalue weighted by Crippen LogP contribution is -2.36. The van der Waals surface area contributed by atoms with E-state index in [-0.39, 0.29) is 29.3 Å². The minimum absolute atomic E-state index is 0.0435. The summed E-state index contributed by atoms with van der Waals surface area (Å²) in [5.74, 6) is -4.77. The standard InChI is InChI=1S/C26H22F4N2O3/c1-26(2)18-8-7-14(24(33)31-12-17-19(28)10-16(27)11-20(17)29)9-21(18)32(25(26)34)13-15-5-4-6-22(35-3)23(15)30/h4-11H,12-13H2,1-3H3,(H,31,33). The molecule has 0 aliphatic carbocycles. The highest BCUT2D eigenvalue weighted by Crippen LogP contribution is 2.43. The Labute approximate surface area is 199 Å². The van der Waals surface area contributed by atoms with Crippen molar-refractivity contribution in [3.8, 4) is 5.75 Å². The second-order valence-corrected chi connectivity index (χ2v) is 8.71. The van der Waals surface area contributed by atoms with E-state index in [4.69, 9.17) is 4.74 Å². The van der Waals surface area contributed by atoms with Crippen LogP contribution in [0, 0.1) is 23.3 Å². The van der Waals surface area contributed by atoms with Crippen LogP contribution in [-0.2, 0) is 23.3 Å². The lowest BCUT2D eigenvalue weighted by Gasteiger charge is -2.21. The number of amides is 2. The first kappa shape index (κ1) is 24.3. The van der Waals surface area contributed by atoms with Crippen LogP contribution in [0.5, 0.6) is 5.75 Å². The van der Waals surface area contributed by atoms with E-state index in [9.17, 15) is 27.2 Å². The van der Waals surface area contributed by atoms with Crippen LogP contribution in [-0.4, -0.2) is 18.9 Å². The van der Waals surface area contributed by atoms with Gasteiger partial charge in [0.15, 0.2) is 11.6 Å². The second kappa shape index (κ2) is 9.05. The maximum absolute atomic E-state index is 14.8. The summed E-state index contributed by atoms with van der Waals surface area (Å²) in [7, 11) is 1.34. The Balaban J connectivity index is 1.62. The number of rotatable bonds is 6. The first-order chi connectivity index (χ1) is 16.5. The Bertz CT molecular complexity index is 1320. The number of fused-ring (bicyclic) bond motifs is 1. The van der Waals surface area contributed by atoms with E-state index < -0.39 is 46.7 Å². The maximum atomic E-state index is 14.8. The molecule has 0 fully saturated rings. The number of anilines is 1. The molecule has 1 N–H and O–H groups in total. The van der Waals surface area contributed by atoms with Gasteiger partial charge in [-0.25, -0.2) is 17.6 Å². The van der Waals surface area contributed by atoms with Crippen molar-refractivity contribution in [3.63, 3.8) is 0 Å². The van der Waals surface area contributed by atoms with Gasteiger partial charge in [-0.1, -0.05) is 18.2 Å². The zero-order valence-corrected chi connectivity index (χ0v) is 19.2. The van der Waals surface area contributed by atoms with Crippen LogP contribution < -0.4 is 15.0 Å². The van der Waals surface area contributed by atoms with Crippen molar-refractivity contribution in [1.29, 1.82) is 0 Å². The number of benzene rings is 3. The van der Waals surface area contributed by atoms with Crippen molar-refractivity contribution in [3.05, 3.63) is 94.1 Å². The summed E-state index contributed by atoms with van der Waals surface area (Å²) in [6, 6.07) is 10.3. The molecule has 0 atom stereocenters. The Kier molecular flexibility index (Phi) is 6.27. The number of hydrogen-bond donors (Lipinski definition) is 1. The highest BCUT2D eigenvalue weighted by atomic mass is 19.1. The van der Waals surface area contributed by atoms with Crippen molar-refractivity contribution in [2.24, 2.45) is 0 Å². The van der Waals surface area contributed by atoms with Crippen LogP contribution in [0.3, 0.4) is 0 Å². The van der Waals surface area contributed by atoms with E-state index in [0.717, 1.165) is 0 Å². The van der Waals surface area contributed by atoms with Crippen molar-refractivity contribution >= 4 is 17.5 Å². The summed E-state index contributed by atoms with van der Waals surface area (Å²) in [5.41, 5.74) is 0.0474. The number of halogens is 4. The van der Waals surface area contributed by atoms with Gasteiger partial charge in [0, 0.05) is 41.1 Å². The Morgan fingerprint density at radius 1 is 1.03 bits per heavy atom. The topological polar surface area (TPSA) is 58.6 Å². The van der Waals surface area contributed by atoms with Crippen LogP contribution in [0.15, 0.2) is 48.5 Å². The van der Waals surface area contributed by atoms with Gasteiger partial charge in [0.25, 0.3) is 5.91 Å². The highest BCUT2D eigenvalue weighted by molar-refractivity contribution is 6.09. The number of carbonyl (C=O) groups excluding carboxylic acids is 2. The number of hydrogen-bond acceptors (Lipinski definition) is 3. The maximum Gasteiger partial charge on any atom is 0.251 e. The smallest absolute Gasteiger partial charge is 0.251 e. The molecular formula is C26H22F4N2O3. The van der Waals surface area contributed by atoms with Gasteiger partial charge >= 0.3 is 0 Å². The van der Waals surface area contributed by atoms with Gasteiger partial charge in [-0.3, -0.25) is 9.59 Å². The van der Waals surface area contributed by atoms with Crippen molar-refractivity contribution in [1.82, 2.24) is 5.32 Å². The van der Waals surface area contributed by atoms with Crippen LogP contribution in [0.1, 0.15) is 40.9 Å². The van der Waals surface area contributed by atoms with Crippen molar-refractivity contribution in [2.75, 3.05) is 12.0 Å². The summed E-state index contributed by atoms with van der Waals surface area (Å²) in [4.78, 5) is 27.3. The lowest BCUT2D eigenvalue weighted by atomic mass is 9.86. The van der Waals surface area contributed by atoms with E-state index in [1.807, 2.05) is 0 Å². The molecule has 182 valence electrons.